The fraction of sp³-hybridized carbons (Fsp3) is 0.875. The summed E-state index contributed by atoms with van der Waals surface area (Å²) in [6.07, 6.45) is -4.42. The van der Waals surface area contributed by atoms with Gasteiger partial charge in [-0.2, -0.15) is 13.2 Å². The molecule has 0 rings (SSSR count). The average Bonchev–Trinajstić information content (AvgIpc) is 1.99. The van der Waals surface area contributed by atoms with Gasteiger partial charge >= 0.3 is 6.18 Å². The van der Waals surface area contributed by atoms with Crippen molar-refractivity contribution in [2.45, 2.75) is 20.0 Å². The molecule has 0 atom stereocenters. The number of halogens is 3. The fourth-order valence-corrected chi connectivity index (χ4v) is 0.969. The van der Waals surface area contributed by atoms with Crippen LogP contribution in [0.1, 0.15) is 13.8 Å². The number of carbonyl (C=O) groups is 1. The second kappa shape index (κ2) is 5.19. The summed E-state index contributed by atoms with van der Waals surface area (Å²) in [5.41, 5.74) is 0. The maximum absolute atomic E-state index is 12.0. The van der Waals surface area contributed by atoms with Gasteiger partial charge < -0.3 is 10.0 Å². The van der Waals surface area contributed by atoms with E-state index in [0.717, 1.165) is 0 Å². The number of nitrogens with zero attached hydrogens (tertiary/aromatic N) is 1. The van der Waals surface area contributed by atoms with Gasteiger partial charge in [0.1, 0.15) is 6.54 Å². The Balaban J connectivity index is 4.36. The van der Waals surface area contributed by atoms with Crippen LogP contribution < -0.4 is 0 Å². The van der Waals surface area contributed by atoms with Crippen LogP contribution in [-0.2, 0) is 4.79 Å². The lowest BCUT2D eigenvalue weighted by Gasteiger charge is -2.24. The Kier molecular flexibility index (Phi) is 4.90. The molecule has 0 aliphatic rings. The maximum Gasteiger partial charge on any atom is 0.406 e. The number of rotatable bonds is 4. The third-order valence-electron chi connectivity index (χ3n) is 1.55. The SMILES string of the molecule is CC(C)C(=O)N(CCO)CC(F)(F)F. The smallest absolute Gasteiger partial charge is 0.395 e. The van der Waals surface area contributed by atoms with E-state index in [1.54, 1.807) is 0 Å². The Hall–Kier alpha value is -0.780. The van der Waals surface area contributed by atoms with E-state index in [2.05, 4.69) is 0 Å². The molecule has 1 N–H and O–H groups in total. The predicted molar refractivity (Wildman–Crippen MR) is 44.6 cm³/mol. The zero-order valence-corrected chi connectivity index (χ0v) is 8.14. The van der Waals surface area contributed by atoms with Crippen LogP contribution in [0.25, 0.3) is 0 Å². The van der Waals surface area contributed by atoms with Crippen molar-refractivity contribution in [2.75, 3.05) is 19.7 Å². The van der Waals surface area contributed by atoms with Gasteiger partial charge in [-0.15, -0.1) is 0 Å². The van der Waals surface area contributed by atoms with Crippen molar-refractivity contribution in [3.05, 3.63) is 0 Å². The van der Waals surface area contributed by atoms with Crippen LogP contribution in [0.2, 0.25) is 0 Å². The summed E-state index contributed by atoms with van der Waals surface area (Å²) < 4.78 is 35.9. The normalized spacial score (nSPS) is 11.9. The Morgan fingerprint density at radius 1 is 1.43 bits per heavy atom. The fourth-order valence-electron chi connectivity index (χ4n) is 0.969. The number of hydrogen-bond donors (Lipinski definition) is 1. The van der Waals surface area contributed by atoms with E-state index in [1.165, 1.54) is 13.8 Å². The lowest BCUT2D eigenvalue weighted by molar-refractivity contribution is -0.163. The molecule has 0 aromatic rings. The van der Waals surface area contributed by atoms with Gasteiger partial charge in [-0.1, -0.05) is 13.8 Å². The summed E-state index contributed by atoms with van der Waals surface area (Å²) >= 11 is 0. The first-order valence-corrected chi connectivity index (χ1v) is 4.24. The van der Waals surface area contributed by atoms with E-state index in [4.69, 9.17) is 5.11 Å². The van der Waals surface area contributed by atoms with Crippen molar-refractivity contribution in [2.24, 2.45) is 5.92 Å². The maximum atomic E-state index is 12.0. The van der Waals surface area contributed by atoms with Gasteiger partial charge in [0.2, 0.25) is 5.91 Å². The molecule has 0 heterocycles. The molecule has 0 unspecified atom stereocenters. The summed E-state index contributed by atoms with van der Waals surface area (Å²) in [7, 11) is 0. The van der Waals surface area contributed by atoms with Gasteiger partial charge in [0, 0.05) is 12.5 Å². The van der Waals surface area contributed by atoms with Gasteiger partial charge in [0.15, 0.2) is 0 Å². The molecule has 0 radical (unpaired) electrons. The monoisotopic (exact) mass is 213 g/mol. The van der Waals surface area contributed by atoms with E-state index in [1.807, 2.05) is 0 Å². The molecule has 0 aromatic carbocycles. The zero-order valence-electron chi connectivity index (χ0n) is 8.14. The highest BCUT2D eigenvalue weighted by Gasteiger charge is 2.33. The first-order chi connectivity index (χ1) is 6.28. The molecular formula is C8H14F3NO2. The molecule has 84 valence electrons. The minimum Gasteiger partial charge on any atom is -0.395 e. The molecule has 3 nitrogen and oxygen atoms in total. The van der Waals surface area contributed by atoms with Crippen LogP contribution in [0.5, 0.6) is 0 Å². The summed E-state index contributed by atoms with van der Waals surface area (Å²) in [5.74, 6) is -1.10. The van der Waals surface area contributed by atoms with Crippen LogP contribution in [0.15, 0.2) is 0 Å². The highest BCUT2D eigenvalue weighted by Crippen LogP contribution is 2.17. The van der Waals surface area contributed by atoms with Crippen LogP contribution in [0.3, 0.4) is 0 Å². The molecule has 0 aliphatic heterocycles. The second-order valence-electron chi connectivity index (χ2n) is 3.25. The summed E-state index contributed by atoms with van der Waals surface area (Å²) in [5, 5.41) is 8.50. The number of aliphatic hydroxyl groups excluding tert-OH is 1. The predicted octanol–water partition coefficient (Wildman–Crippen LogP) is 1.03. The lowest BCUT2D eigenvalue weighted by Crippen LogP contribution is -2.42. The largest absolute Gasteiger partial charge is 0.406 e. The number of hydrogen-bond acceptors (Lipinski definition) is 2. The van der Waals surface area contributed by atoms with E-state index >= 15 is 0 Å². The minimum absolute atomic E-state index is 0.281. The molecule has 0 saturated heterocycles. The van der Waals surface area contributed by atoms with Crippen molar-refractivity contribution in [3.8, 4) is 0 Å². The average molecular weight is 213 g/mol. The topological polar surface area (TPSA) is 40.5 Å². The molecular weight excluding hydrogens is 199 g/mol. The first kappa shape index (κ1) is 13.2. The Morgan fingerprint density at radius 3 is 2.21 bits per heavy atom. The van der Waals surface area contributed by atoms with Crippen molar-refractivity contribution < 1.29 is 23.1 Å². The van der Waals surface area contributed by atoms with Gasteiger partial charge in [-0.3, -0.25) is 4.79 Å². The van der Waals surface area contributed by atoms with Crippen molar-refractivity contribution in [1.82, 2.24) is 4.90 Å². The quantitative estimate of drug-likeness (QED) is 0.757. The molecule has 0 aromatic heterocycles. The molecule has 0 aliphatic carbocycles. The highest BCUT2D eigenvalue weighted by atomic mass is 19.4. The Morgan fingerprint density at radius 2 is 1.93 bits per heavy atom. The van der Waals surface area contributed by atoms with Gasteiger partial charge in [-0.25, -0.2) is 0 Å². The van der Waals surface area contributed by atoms with E-state index < -0.39 is 31.2 Å². The van der Waals surface area contributed by atoms with Crippen molar-refractivity contribution in [1.29, 1.82) is 0 Å². The van der Waals surface area contributed by atoms with Crippen LogP contribution >= 0.6 is 0 Å². The Bertz CT molecular complexity index is 192. The first-order valence-electron chi connectivity index (χ1n) is 4.24. The molecule has 1 amide bonds. The van der Waals surface area contributed by atoms with E-state index in [0.29, 0.717) is 4.90 Å². The lowest BCUT2D eigenvalue weighted by atomic mass is 10.2. The zero-order chi connectivity index (χ0) is 11.4. The van der Waals surface area contributed by atoms with Crippen LogP contribution in [-0.4, -0.2) is 41.8 Å². The molecule has 0 bridgehead atoms. The van der Waals surface area contributed by atoms with Gasteiger partial charge in [-0.05, 0) is 0 Å². The number of carbonyl (C=O) groups excluding carboxylic acids is 1. The summed E-state index contributed by atoms with van der Waals surface area (Å²) in [6.45, 7) is 0.988. The molecule has 0 spiro atoms. The van der Waals surface area contributed by atoms with Gasteiger partial charge in [0.05, 0.1) is 6.61 Å². The van der Waals surface area contributed by atoms with E-state index in [9.17, 15) is 18.0 Å². The summed E-state index contributed by atoms with van der Waals surface area (Å²) in [6, 6.07) is 0. The van der Waals surface area contributed by atoms with Crippen LogP contribution in [0.4, 0.5) is 13.2 Å². The molecule has 0 saturated carbocycles. The third kappa shape index (κ3) is 5.06. The number of amides is 1. The highest BCUT2D eigenvalue weighted by molar-refractivity contribution is 5.78. The number of aliphatic hydroxyl groups is 1. The third-order valence-corrected chi connectivity index (χ3v) is 1.55. The molecule has 6 heteroatoms. The van der Waals surface area contributed by atoms with Crippen molar-refractivity contribution in [3.63, 3.8) is 0 Å². The molecule has 0 fully saturated rings. The summed E-state index contributed by atoms with van der Waals surface area (Å²) in [4.78, 5) is 11.8. The standard InChI is InChI=1S/C8H14F3NO2/c1-6(2)7(14)12(3-4-13)5-8(9,10)11/h6,13H,3-5H2,1-2H3. The second-order valence-corrected chi connectivity index (χ2v) is 3.25. The minimum atomic E-state index is -4.42. The number of alkyl halides is 3. The molecule has 14 heavy (non-hydrogen) atoms. The van der Waals surface area contributed by atoms with Crippen molar-refractivity contribution >= 4 is 5.91 Å². The Labute approximate surface area is 80.5 Å². The van der Waals surface area contributed by atoms with Crippen LogP contribution in [0, 0.1) is 5.92 Å². The van der Waals surface area contributed by atoms with Gasteiger partial charge in [0.25, 0.3) is 0 Å². The van der Waals surface area contributed by atoms with E-state index in [-0.39, 0.29) is 6.54 Å².